The highest BCUT2D eigenvalue weighted by Gasteiger charge is 2.11. The molecule has 16 heavy (non-hydrogen) atoms. The fourth-order valence-electron chi connectivity index (χ4n) is 1.69. The Balaban J connectivity index is 2.62. The van der Waals surface area contributed by atoms with Crippen molar-refractivity contribution in [3.8, 4) is 5.75 Å². The smallest absolute Gasteiger partial charge is 0.307 e. The monoisotopic (exact) mass is 283 g/mol. The second-order valence-corrected chi connectivity index (χ2v) is 4.33. The number of ether oxygens (including phenoxy) is 1. The van der Waals surface area contributed by atoms with E-state index in [2.05, 4.69) is 20.9 Å². The van der Waals surface area contributed by atoms with Crippen molar-refractivity contribution in [3.63, 3.8) is 0 Å². The number of aromatic nitrogens is 1. The molecule has 2 aromatic rings. The predicted octanol–water partition coefficient (Wildman–Crippen LogP) is 2.57. The third-order valence-corrected chi connectivity index (χ3v) is 2.82. The molecule has 0 bridgehead atoms. The van der Waals surface area contributed by atoms with E-state index in [1.54, 1.807) is 13.3 Å². The van der Waals surface area contributed by atoms with E-state index in [1.807, 2.05) is 12.1 Å². The molecule has 0 unspecified atom stereocenters. The second-order valence-electron chi connectivity index (χ2n) is 3.42. The number of rotatable bonds is 3. The highest BCUT2D eigenvalue weighted by Crippen LogP contribution is 2.31. The van der Waals surface area contributed by atoms with Crippen LogP contribution in [0.2, 0.25) is 0 Å². The SMILES string of the molecule is COc1cc(Br)cc2c(CC(=O)O)c[nH]c12. The van der Waals surface area contributed by atoms with E-state index >= 15 is 0 Å². The van der Waals surface area contributed by atoms with Gasteiger partial charge in [0.2, 0.25) is 0 Å². The van der Waals surface area contributed by atoms with Crippen LogP contribution in [0, 0.1) is 0 Å². The van der Waals surface area contributed by atoms with E-state index in [0.29, 0.717) is 5.75 Å². The van der Waals surface area contributed by atoms with Crippen LogP contribution in [0.5, 0.6) is 5.75 Å². The molecule has 0 saturated heterocycles. The molecule has 0 aliphatic rings. The van der Waals surface area contributed by atoms with Crippen molar-refractivity contribution in [2.24, 2.45) is 0 Å². The molecule has 2 N–H and O–H groups in total. The summed E-state index contributed by atoms with van der Waals surface area (Å²) in [4.78, 5) is 13.7. The van der Waals surface area contributed by atoms with Gasteiger partial charge in [0, 0.05) is 16.1 Å². The Hall–Kier alpha value is -1.49. The summed E-state index contributed by atoms with van der Waals surface area (Å²) in [6.45, 7) is 0. The van der Waals surface area contributed by atoms with Crippen LogP contribution >= 0.6 is 15.9 Å². The van der Waals surface area contributed by atoms with Crippen LogP contribution in [-0.2, 0) is 11.2 Å². The maximum Gasteiger partial charge on any atom is 0.307 e. The highest BCUT2D eigenvalue weighted by atomic mass is 79.9. The number of methoxy groups -OCH3 is 1. The highest BCUT2D eigenvalue weighted by molar-refractivity contribution is 9.10. The number of nitrogens with one attached hydrogen (secondary N) is 1. The number of hydrogen-bond acceptors (Lipinski definition) is 2. The topological polar surface area (TPSA) is 62.3 Å². The maximum absolute atomic E-state index is 10.7. The number of carbonyl (C=O) groups is 1. The maximum atomic E-state index is 10.7. The Kier molecular flexibility index (Phi) is 2.87. The summed E-state index contributed by atoms with van der Waals surface area (Å²) in [5.74, 6) is -0.152. The van der Waals surface area contributed by atoms with E-state index in [1.165, 1.54) is 0 Å². The lowest BCUT2D eigenvalue weighted by Gasteiger charge is -2.03. The summed E-state index contributed by atoms with van der Waals surface area (Å²) in [5, 5.41) is 9.65. The largest absolute Gasteiger partial charge is 0.495 e. The number of H-pyrrole nitrogens is 1. The van der Waals surface area contributed by atoms with Crippen molar-refractivity contribution in [2.75, 3.05) is 7.11 Å². The number of hydrogen-bond donors (Lipinski definition) is 2. The minimum Gasteiger partial charge on any atom is -0.495 e. The first kappa shape index (κ1) is 11.0. The number of benzene rings is 1. The van der Waals surface area contributed by atoms with Crippen molar-refractivity contribution < 1.29 is 14.6 Å². The molecular formula is C11H10BrNO3. The molecule has 0 aliphatic heterocycles. The van der Waals surface area contributed by atoms with E-state index in [4.69, 9.17) is 9.84 Å². The quantitative estimate of drug-likeness (QED) is 0.910. The first-order valence-electron chi connectivity index (χ1n) is 4.67. The summed E-state index contributed by atoms with van der Waals surface area (Å²) in [5.41, 5.74) is 1.57. The molecule has 1 aromatic heterocycles. The van der Waals surface area contributed by atoms with Crippen molar-refractivity contribution in [3.05, 3.63) is 28.4 Å². The molecule has 0 atom stereocenters. The minimum absolute atomic E-state index is 0.000389. The van der Waals surface area contributed by atoms with E-state index < -0.39 is 5.97 Å². The summed E-state index contributed by atoms with van der Waals surface area (Å²) in [6, 6.07) is 3.72. The molecule has 5 heteroatoms. The van der Waals surface area contributed by atoms with Gasteiger partial charge < -0.3 is 14.8 Å². The van der Waals surface area contributed by atoms with Gasteiger partial charge in [-0.15, -0.1) is 0 Å². The second kappa shape index (κ2) is 4.17. The zero-order chi connectivity index (χ0) is 11.7. The summed E-state index contributed by atoms with van der Waals surface area (Å²) in [6.07, 6.45) is 1.70. The fraction of sp³-hybridized carbons (Fsp3) is 0.182. The molecule has 0 fully saturated rings. The summed E-state index contributed by atoms with van der Waals surface area (Å²) < 4.78 is 6.08. The van der Waals surface area contributed by atoms with Gasteiger partial charge in [0.25, 0.3) is 0 Å². The molecule has 84 valence electrons. The van der Waals surface area contributed by atoms with Crippen LogP contribution in [0.25, 0.3) is 10.9 Å². The Morgan fingerprint density at radius 3 is 2.94 bits per heavy atom. The fourth-order valence-corrected chi connectivity index (χ4v) is 2.13. The number of fused-ring (bicyclic) bond motifs is 1. The Morgan fingerprint density at radius 2 is 2.31 bits per heavy atom. The molecule has 4 nitrogen and oxygen atoms in total. The van der Waals surface area contributed by atoms with Gasteiger partial charge in [0.15, 0.2) is 0 Å². The van der Waals surface area contributed by atoms with Crippen LogP contribution in [-0.4, -0.2) is 23.2 Å². The van der Waals surface area contributed by atoms with E-state index in [-0.39, 0.29) is 6.42 Å². The number of aliphatic carboxylic acids is 1. The minimum atomic E-state index is -0.847. The molecular weight excluding hydrogens is 274 g/mol. The average Bonchev–Trinajstić information content (AvgIpc) is 2.59. The van der Waals surface area contributed by atoms with Crippen LogP contribution in [0.1, 0.15) is 5.56 Å². The van der Waals surface area contributed by atoms with Crippen molar-refractivity contribution in [2.45, 2.75) is 6.42 Å². The predicted molar refractivity (Wildman–Crippen MR) is 63.9 cm³/mol. The standard InChI is InChI=1S/C11H10BrNO3/c1-16-9-4-7(12)3-8-6(2-10(14)15)5-13-11(8)9/h3-5,13H,2H2,1H3,(H,14,15). The summed E-state index contributed by atoms with van der Waals surface area (Å²) >= 11 is 3.37. The van der Waals surface area contributed by atoms with Gasteiger partial charge >= 0.3 is 5.97 Å². The van der Waals surface area contributed by atoms with Crippen molar-refractivity contribution in [1.82, 2.24) is 4.98 Å². The average molecular weight is 284 g/mol. The molecule has 1 heterocycles. The molecule has 0 aliphatic carbocycles. The van der Waals surface area contributed by atoms with Gasteiger partial charge in [-0.05, 0) is 17.7 Å². The zero-order valence-corrected chi connectivity index (χ0v) is 10.2. The van der Waals surface area contributed by atoms with Crippen molar-refractivity contribution in [1.29, 1.82) is 0 Å². The molecule has 0 radical (unpaired) electrons. The molecule has 0 amide bonds. The number of carboxylic acids is 1. The third-order valence-electron chi connectivity index (χ3n) is 2.37. The number of aromatic amines is 1. The van der Waals surface area contributed by atoms with Crippen LogP contribution in [0.4, 0.5) is 0 Å². The Labute approximate surface area is 100 Å². The number of halogens is 1. The van der Waals surface area contributed by atoms with Crippen LogP contribution in [0.15, 0.2) is 22.8 Å². The van der Waals surface area contributed by atoms with Gasteiger partial charge in [-0.1, -0.05) is 15.9 Å². The Bertz CT molecular complexity index is 547. The van der Waals surface area contributed by atoms with Gasteiger partial charge in [0.1, 0.15) is 5.75 Å². The first-order valence-corrected chi connectivity index (χ1v) is 5.46. The van der Waals surface area contributed by atoms with Gasteiger partial charge in [-0.2, -0.15) is 0 Å². The zero-order valence-electron chi connectivity index (χ0n) is 8.58. The lowest BCUT2D eigenvalue weighted by molar-refractivity contribution is -0.136. The van der Waals surface area contributed by atoms with Crippen molar-refractivity contribution >= 4 is 32.8 Å². The third kappa shape index (κ3) is 1.90. The van der Waals surface area contributed by atoms with Gasteiger partial charge in [-0.25, -0.2) is 0 Å². The van der Waals surface area contributed by atoms with E-state index in [9.17, 15) is 4.79 Å². The molecule has 2 rings (SSSR count). The van der Waals surface area contributed by atoms with Crippen LogP contribution in [0.3, 0.4) is 0 Å². The molecule has 1 aromatic carbocycles. The van der Waals surface area contributed by atoms with Gasteiger partial charge in [-0.3, -0.25) is 4.79 Å². The van der Waals surface area contributed by atoms with E-state index in [0.717, 1.165) is 20.9 Å². The normalized spacial score (nSPS) is 10.6. The van der Waals surface area contributed by atoms with Gasteiger partial charge in [0.05, 0.1) is 19.0 Å². The van der Waals surface area contributed by atoms with Crippen LogP contribution < -0.4 is 4.74 Å². The molecule has 0 saturated carbocycles. The summed E-state index contributed by atoms with van der Waals surface area (Å²) in [7, 11) is 1.58. The first-order chi connectivity index (χ1) is 7.61. The number of carboxylic acid groups (broad SMARTS) is 1. The lowest BCUT2D eigenvalue weighted by Crippen LogP contribution is -1.98. The molecule has 0 spiro atoms. The Morgan fingerprint density at radius 1 is 1.56 bits per heavy atom. The lowest BCUT2D eigenvalue weighted by atomic mass is 10.1.